The van der Waals surface area contributed by atoms with Gasteiger partial charge in [0, 0.05) is 50.2 Å². The van der Waals surface area contributed by atoms with E-state index in [1.54, 1.807) is 0 Å². The minimum absolute atomic E-state index is 0.279. The Bertz CT molecular complexity index is 1090. The van der Waals surface area contributed by atoms with Crippen LogP contribution in [0.25, 0.3) is 5.69 Å². The van der Waals surface area contributed by atoms with E-state index in [0.717, 1.165) is 63.3 Å². The lowest BCUT2D eigenvalue weighted by Gasteiger charge is -2.29. The van der Waals surface area contributed by atoms with E-state index >= 15 is 0 Å². The van der Waals surface area contributed by atoms with Gasteiger partial charge in [-0.3, -0.25) is 4.90 Å². The second-order valence-electron chi connectivity index (χ2n) is 8.84. The average molecular weight is 455 g/mol. The topological polar surface area (TPSA) is 58.5 Å². The van der Waals surface area contributed by atoms with Crippen LogP contribution >= 0.6 is 0 Å². The monoisotopic (exact) mass is 454 g/mol. The summed E-state index contributed by atoms with van der Waals surface area (Å²) in [6.07, 6.45) is 2.62. The van der Waals surface area contributed by atoms with E-state index in [1.807, 2.05) is 6.07 Å². The Hall–Kier alpha value is -3.04. The SMILES string of the molecule is Cc1cc(Nc2ncn(-c3cc(F)cc(F)c3)n2)cc(N2CCC(CN3CCOCC3)C2)c1. The molecule has 1 N–H and O–H groups in total. The third kappa shape index (κ3) is 5.31. The molecule has 3 aromatic rings. The lowest BCUT2D eigenvalue weighted by atomic mass is 10.1. The molecule has 2 aliphatic heterocycles. The molecule has 7 nitrogen and oxygen atoms in total. The van der Waals surface area contributed by atoms with Crippen LogP contribution in [0.2, 0.25) is 0 Å². The largest absolute Gasteiger partial charge is 0.379 e. The molecule has 1 aromatic heterocycles. The number of aryl methyl sites for hydroxylation is 1. The summed E-state index contributed by atoms with van der Waals surface area (Å²) < 4.78 is 33.9. The summed E-state index contributed by atoms with van der Waals surface area (Å²) in [7, 11) is 0. The number of nitrogens with one attached hydrogen (secondary N) is 1. The van der Waals surface area contributed by atoms with Gasteiger partial charge >= 0.3 is 0 Å². The molecule has 1 atom stereocenters. The summed E-state index contributed by atoms with van der Waals surface area (Å²) in [5.41, 5.74) is 3.47. The van der Waals surface area contributed by atoms with Crippen molar-refractivity contribution in [3.8, 4) is 5.69 Å². The van der Waals surface area contributed by atoms with Crippen LogP contribution in [-0.4, -0.2) is 65.6 Å². The molecule has 2 fully saturated rings. The first kappa shape index (κ1) is 21.8. The molecule has 9 heteroatoms. The van der Waals surface area contributed by atoms with Crippen LogP contribution in [0.4, 0.5) is 26.1 Å². The molecule has 5 rings (SSSR count). The predicted molar refractivity (Wildman–Crippen MR) is 123 cm³/mol. The minimum atomic E-state index is -0.657. The number of hydrogen-bond acceptors (Lipinski definition) is 6. The van der Waals surface area contributed by atoms with Gasteiger partial charge in [0.2, 0.25) is 5.95 Å². The lowest BCUT2D eigenvalue weighted by molar-refractivity contribution is 0.0320. The Balaban J connectivity index is 1.26. The fourth-order valence-corrected chi connectivity index (χ4v) is 4.63. The molecule has 0 amide bonds. The maximum absolute atomic E-state index is 13.5. The summed E-state index contributed by atoms with van der Waals surface area (Å²) >= 11 is 0. The van der Waals surface area contributed by atoms with E-state index in [9.17, 15) is 8.78 Å². The van der Waals surface area contributed by atoms with E-state index in [-0.39, 0.29) is 5.69 Å². The van der Waals surface area contributed by atoms with Gasteiger partial charge in [-0.05, 0) is 55.2 Å². The average Bonchev–Trinajstić information content (AvgIpc) is 3.43. The number of morpholine rings is 1. The number of aromatic nitrogens is 3. The first-order chi connectivity index (χ1) is 16.0. The molecule has 0 spiro atoms. The Morgan fingerprint density at radius 1 is 1.00 bits per heavy atom. The summed E-state index contributed by atoms with van der Waals surface area (Å²) in [4.78, 5) is 9.19. The number of benzene rings is 2. The molecule has 174 valence electrons. The molecule has 2 aliphatic rings. The highest BCUT2D eigenvalue weighted by atomic mass is 19.1. The van der Waals surface area contributed by atoms with Gasteiger partial charge < -0.3 is 15.0 Å². The summed E-state index contributed by atoms with van der Waals surface area (Å²) in [5.74, 6) is -0.293. The molecule has 2 saturated heterocycles. The van der Waals surface area contributed by atoms with Gasteiger partial charge in [0.25, 0.3) is 0 Å². The van der Waals surface area contributed by atoms with Crippen LogP contribution in [0.1, 0.15) is 12.0 Å². The summed E-state index contributed by atoms with van der Waals surface area (Å²) in [6.45, 7) is 8.99. The van der Waals surface area contributed by atoms with E-state index in [2.05, 4.69) is 44.3 Å². The van der Waals surface area contributed by atoms with E-state index in [4.69, 9.17) is 4.74 Å². The van der Waals surface area contributed by atoms with Gasteiger partial charge in [-0.15, -0.1) is 5.10 Å². The van der Waals surface area contributed by atoms with Crippen molar-refractivity contribution < 1.29 is 13.5 Å². The minimum Gasteiger partial charge on any atom is -0.379 e. The number of hydrogen-bond donors (Lipinski definition) is 1. The second-order valence-corrected chi connectivity index (χ2v) is 8.84. The number of nitrogens with zero attached hydrogens (tertiary/aromatic N) is 5. The molecule has 33 heavy (non-hydrogen) atoms. The zero-order valence-electron chi connectivity index (χ0n) is 18.7. The fraction of sp³-hybridized carbons (Fsp3) is 0.417. The maximum atomic E-state index is 13.5. The predicted octanol–water partition coefficient (Wildman–Crippen LogP) is 3.76. The third-order valence-electron chi connectivity index (χ3n) is 6.19. The van der Waals surface area contributed by atoms with Crippen LogP contribution in [0.3, 0.4) is 0 Å². The maximum Gasteiger partial charge on any atom is 0.246 e. The molecule has 0 bridgehead atoms. The van der Waals surface area contributed by atoms with E-state index in [1.165, 1.54) is 35.3 Å². The zero-order chi connectivity index (χ0) is 22.8. The van der Waals surface area contributed by atoms with Crippen molar-refractivity contribution in [1.82, 2.24) is 19.7 Å². The van der Waals surface area contributed by atoms with Crippen molar-refractivity contribution in [3.05, 3.63) is 59.9 Å². The Labute approximate surface area is 192 Å². The molecule has 0 aliphatic carbocycles. The summed E-state index contributed by atoms with van der Waals surface area (Å²) in [6, 6.07) is 9.60. The molecule has 0 radical (unpaired) electrons. The van der Waals surface area contributed by atoms with E-state index < -0.39 is 11.6 Å². The Morgan fingerprint density at radius 2 is 1.79 bits per heavy atom. The Kier molecular flexibility index (Phi) is 6.24. The van der Waals surface area contributed by atoms with Gasteiger partial charge in [0.15, 0.2) is 0 Å². The molecule has 0 saturated carbocycles. The van der Waals surface area contributed by atoms with Crippen LogP contribution < -0.4 is 10.2 Å². The van der Waals surface area contributed by atoms with Crippen LogP contribution in [-0.2, 0) is 4.74 Å². The van der Waals surface area contributed by atoms with Gasteiger partial charge in [0.05, 0.1) is 18.9 Å². The molecule has 1 unspecified atom stereocenters. The molecular formula is C24H28F2N6O. The number of halogens is 2. The van der Waals surface area contributed by atoms with Gasteiger partial charge in [0.1, 0.15) is 18.0 Å². The number of rotatable bonds is 6. The first-order valence-electron chi connectivity index (χ1n) is 11.3. The van der Waals surface area contributed by atoms with Crippen LogP contribution in [0.5, 0.6) is 0 Å². The Morgan fingerprint density at radius 3 is 2.58 bits per heavy atom. The van der Waals surface area contributed by atoms with E-state index in [0.29, 0.717) is 11.9 Å². The quantitative estimate of drug-likeness (QED) is 0.612. The van der Waals surface area contributed by atoms with Crippen molar-refractivity contribution in [1.29, 1.82) is 0 Å². The molecule has 2 aromatic carbocycles. The fourth-order valence-electron chi connectivity index (χ4n) is 4.63. The van der Waals surface area contributed by atoms with Gasteiger partial charge in [-0.25, -0.2) is 13.5 Å². The van der Waals surface area contributed by atoms with Crippen molar-refractivity contribution in [2.45, 2.75) is 13.3 Å². The highest BCUT2D eigenvalue weighted by Crippen LogP contribution is 2.29. The third-order valence-corrected chi connectivity index (χ3v) is 6.19. The van der Waals surface area contributed by atoms with Crippen LogP contribution in [0, 0.1) is 24.5 Å². The second kappa shape index (κ2) is 9.44. The van der Waals surface area contributed by atoms with Crippen molar-refractivity contribution >= 4 is 17.3 Å². The number of anilines is 3. The van der Waals surface area contributed by atoms with Gasteiger partial charge in [-0.1, -0.05) is 0 Å². The van der Waals surface area contributed by atoms with Crippen LogP contribution in [0.15, 0.2) is 42.7 Å². The highest BCUT2D eigenvalue weighted by molar-refractivity contribution is 5.64. The smallest absolute Gasteiger partial charge is 0.246 e. The first-order valence-corrected chi connectivity index (χ1v) is 11.3. The normalized spacial score (nSPS) is 19.2. The van der Waals surface area contributed by atoms with Gasteiger partial charge in [-0.2, -0.15) is 4.98 Å². The van der Waals surface area contributed by atoms with Crippen molar-refractivity contribution in [3.63, 3.8) is 0 Å². The molecular weight excluding hydrogens is 426 g/mol. The van der Waals surface area contributed by atoms with Crippen molar-refractivity contribution in [2.75, 3.05) is 56.2 Å². The standard InChI is InChI=1S/C24H28F2N6O/c1-17-8-21(28-24-27-16-32(29-24)23-11-19(25)10-20(26)12-23)13-22(9-17)31-3-2-18(15-31)14-30-4-6-33-7-5-30/h8-13,16,18H,2-7,14-15H2,1H3,(H,28,29). The lowest BCUT2D eigenvalue weighted by Crippen LogP contribution is -2.39. The number of ether oxygens (including phenoxy) is 1. The zero-order valence-corrected chi connectivity index (χ0v) is 18.7. The molecule has 3 heterocycles. The highest BCUT2D eigenvalue weighted by Gasteiger charge is 2.25. The van der Waals surface area contributed by atoms with Crippen molar-refractivity contribution in [2.24, 2.45) is 5.92 Å². The summed E-state index contributed by atoms with van der Waals surface area (Å²) in [5, 5.41) is 7.55.